The van der Waals surface area contributed by atoms with Crippen LogP contribution >= 0.6 is 23.2 Å². The molecule has 4 rings (SSSR count). The molecule has 0 saturated heterocycles. The van der Waals surface area contributed by atoms with Gasteiger partial charge >= 0.3 is 0 Å². The van der Waals surface area contributed by atoms with E-state index in [2.05, 4.69) is 5.32 Å². The van der Waals surface area contributed by atoms with Gasteiger partial charge in [0, 0.05) is 19.5 Å². The number of halogens is 3. The second-order valence-corrected chi connectivity index (χ2v) is 12.7. The minimum Gasteiger partial charge on any atom is -0.497 e. The van der Waals surface area contributed by atoms with E-state index >= 15 is 0 Å². The Kier molecular flexibility index (Phi) is 11.4. The molecule has 1 unspecified atom stereocenters. The van der Waals surface area contributed by atoms with Crippen molar-refractivity contribution in [2.24, 2.45) is 0 Å². The third-order valence-electron chi connectivity index (χ3n) is 7.00. The van der Waals surface area contributed by atoms with Gasteiger partial charge in [-0.3, -0.25) is 13.9 Å². The maximum atomic E-state index is 14.4. The normalized spacial score (nSPS) is 11.8. The molecule has 0 aliphatic carbocycles. The Bertz CT molecular complexity index is 1720. The summed E-state index contributed by atoms with van der Waals surface area (Å²) in [5.74, 6) is -1.22. The molecule has 0 aliphatic heterocycles. The van der Waals surface area contributed by atoms with Gasteiger partial charge in [0.15, 0.2) is 0 Å². The summed E-state index contributed by atoms with van der Waals surface area (Å²) in [5, 5.41) is 3.37. The molecule has 0 saturated carbocycles. The third-order valence-corrected chi connectivity index (χ3v) is 9.53. The van der Waals surface area contributed by atoms with Crippen molar-refractivity contribution >= 4 is 50.7 Å². The predicted octanol–water partition coefficient (Wildman–Crippen LogP) is 6.11. The number of anilines is 1. The lowest BCUT2D eigenvalue weighted by Crippen LogP contribution is -2.53. The molecule has 0 aromatic heterocycles. The minimum atomic E-state index is -4.35. The van der Waals surface area contributed by atoms with E-state index in [0.717, 1.165) is 22.0 Å². The van der Waals surface area contributed by atoms with Crippen LogP contribution in [0.25, 0.3) is 0 Å². The topological polar surface area (TPSA) is 96.0 Å². The number of amides is 2. The van der Waals surface area contributed by atoms with Gasteiger partial charge in [0.1, 0.15) is 24.2 Å². The summed E-state index contributed by atoms with van der Waals surface area (Å²) in [6.45, 7) is 1.31. The van der Waals surface area contributed by atoms with Crippen molar-refractivity contribution < 1.29 is 27.1 Å². The molecule has 8 nitrogen and oxygen atoms in total. The molecular formula is C33H32Cl2FN3O5S. The Balaban J connectivity index is 1.80. The quantitative estimate of drug-likeness (QED) is 0.185. The summed E-state index contributed by atoms with van der Waals surface area (Å²) in [5.41, 5.74) is 1.43. The zero-order chi connectivity index (χ0) is 32.6. The molecule has 0 bridgehead atoms. The van der Waals surface area contributed by atoms with E-state index in [4.69, 9.17) is 27.9 Å². The Labute approximate surface area is 272 Å². The van der Waals surface area contributed by atoms with Gasteiger partial charge < -0.3 is 15.0 Å². The first-order valence-electron chi connectivity index (χ1n) is 14.0. The average molecular weight is 673 g/mol. The van der Waals surface area contributed by atoms with Crippen LogP contribution < -0.4 is 14.4 Å². The number of carbonyl (C=O) groups excluding carboxylic acids is 2. The first-order valence-corrected chi connectivity index (χ1v) is 16.2. The number of hydrogen-bond acceptors (Lipinski definition) is 5. The third kappa shape index (κ3) is 8.54. The van der Waals surface area contributed by atoms with Gasteiger partial charge in [-0.15, -0.1) is 0 Å². The van der Waals surface area contributed by atoms with Gasteiger partial charge in [0.2, 0.25) is 11.8 Å². The van der Waals surface area contributed by atoms with Crippen molar-refractivity contribution in [1.82, 2.24) is 10.2 Å². The van der Waals surface area contributed by atoms with E-state index in [-0.39, 0.29) is 28.6 Å². The average Bonchev–Trinajstić information content (AvgIpc) is 3.04. The lowest BCUT2D eigenvalue weighted by atomic mass is 10.0. The van der Waals surface area contributed by atoms with Crippen molar-refractivity contribution in [2.45, 2.75) is 30.8 Å². The van der Waals surface area contributed by atoms with E-state index in [1.807, 2.05) is 30.3 Å². The molecule has 4 aromatic rings. The van der Waals surface area contributed by atoms with Crippen molar-refractivity contribution in [2.75, 3.05) is 24.5 Å². The van der Waals surface area contributed by atoms with Crippen LogP contribution in [-0.4, -0.2) is 51.4 Å². The molecule has 0 radical (unpaired) electrons. The van der Waals surface area contributed by atoms with Crippen LogP contribution in [0.15, 0.2) is 102 Å². The van der Waals surface area contributed by atoms with E-state index in [1.165, 1.54) is 48.4 Å². The fourth-order valence-electron chi connectivity index (χ4n) is 4.69. The summed E-state index contributed by atoms with van der Waals surface area (Å²) in [6.07, 6.45) is 0.154. The molecule has 0 heterocycles. The lowest BCUT2D eigenvalue weighted by Gasteiger charge is -2.34. The molecule has 1 atom stereocenters. The molecule has 0 aliphatic rings. The highest BCUT2D eigenvalue weighted by atomic mass is 35.5. The van der Waals surface area contributed by atoms with Gasteiger partial charge in [0.05, 0.1) is 27.7 Å². The number of sulfonamides is 1. The maximum absolute atomic E-state index is 14.4. The predicted molar refractivity (Wildman–Crippen MR) is 174 cm³/mol. The highest BCUT2D eigenvalue weighted by Gasteiger charge is 2.34. The van der Waals surface area contributed by atoms with E-state index in [0.29, 0.717) is 22.9 Å². The zero-order valence-corrected chi connectivity index (χ0v) is 26.9. The molecule has 45 heavy (non-hydrogen) atoms. The highest BCUT2D eigenvalue weighted by Crippen LogP contribution is 2.28. The number of carbonyl (C=O) groups is 2. The first kappa shape index (κ1) is 33.8. The van der Waals surface area contributed by atoms with Gasteiger partial charge in [-0.25, -0.2) is 12.8 Å². The number of rotatable bonds is 13. The van der Waals surface area contributed by atoms with Gasteiger partial charge in [-0.05, 0) is 78.7 Å². The number of ether oxygens (including phenoxy) is 1. The van der Waals surface area contributed by atoms with Crippen molar-refractivity contribution in [3.05, 3.63) is 124 Å². The molecule has 4 aromatic carbocycles. The highest BCUT2D eigenvalue weighted by molar-refractivity contribution is 7.92. The van der Waals surface area contributed by atoms with Crippen LogP contribution in [-0.2, 0) is 32.6 Å². The minimum absolute atomic E-state index is 0.0627. The van der Waals surface area contributed by atoms with Crippen molar-refractivity contribution in [3.8, 4) is 5.75 Å². The van der Waals surface area contributed by atoms with Gasteiger partial charge in [0.25, 0.3) is 10.0 Å². The smallest absolute Gasteiger partial charge is 0.264 e. The number of hydrogen-bond donors (Lipinski definition) is 1. The number of benzene rings is 4. The van der Waals surface area contributed by atoms with Crippen LogP contribution in [0.2, 0.25) is 10.0 Å². The Morgan fingerprint density at radius 1 is 0.889 bits per heavy atom. The number of methoxy groups -OCH3 is 1. The summed E-state index contributed by atoms with van der Waals surface area (Å²) in [6, 6.07) is 23.5. The van der Waals surface area contributed by atoms with E-state index in [9.17, 15) is 22.4 Å². The first-order chi connectivity index (χ1) is 21.5. The fourth-order valence-corrected chi connectivity index (χ4v) is 6.43. The monoisotopic (exact) mass is 671 g/mol. The second kappa shape index (κ2) is 15.2. The molecule has 0 spiro atoms. The number of nitrogens with zero attached hydrogens (tertiary/aromatic N) is 2. The Hall–Kier alpha value is -4.12. The van der Waals surface area contributed by atoms with Crippen molar-refractivity contribution in [3.63, 3.8) is 0 Å². The van der Waals surface area contributed by atoms with Gasteiger partial charge in [-0.2, -0.15) is 0 Å². The van der Waals surface area contributed by atoms with Crippen LogP contribution in [0.5, 0.6) is 5.75 Å². The second-order valence-electron chi connectivity index (χ2n) is 10.0. The van der Waals surface area contributed by atoms with Crippen molar-refractivity contribution in [1.29, 1.82) is 0 Å². The number of likely N-dealkylation sites (N-methyl/N-ethyl adjacent to an activating group) is 1. The lowest BCUT2D eigenvalue weighted by molar-refractivity contribution is -0.140. The van der Waals surface area contributed by atoms with Crippen LogP contribution in [0.1, 0.15) is 18.1 Å². The summed E-state index contributed by atoms with van der Waals surface area (Å²) < 4.78 is 48.0. The van der Waals surface area contributed by atoms with Crippen LogP contribution in [0.4, 0.5) is 10.1 Å². The standard InChI is InChI=1S/C33H32Cl2FN3O5S/c1-3-37-33(41)31(20-23-7-5-4-6-8-23)38(21-24-9-18-29(34)30(35)19-24)32(40)22-39(26-12-10-25(36)11-13-26)45(42,43)28-16-14-27(44-2)15-17-28/h4-19,31H,3,20-22H2,1-2H3,(H,37,41). The Morgan fingerprint density at radius 2 is 1.56 bits per heavy atom. The molecule has 12 heteroatoms. The summed E-state index contributed by atoms with van der Waals surface area (Å²) in [7, 11) is -2.90. The largest absolute Gasteiger partial charge is 0.497 e. The zero-order valence-electron chi connectivity index (χ0n) is 24.6. The summed E-state index contributed by atoms with van der Waals surface area (Å²) >= 11 is 12.4. The molecule has 0 fully saturated rings. The molecular weight excluding hydrogens is 640 g/mol. The molecule has 2 amide bonds. The molecule has 1 N–H and O–H groups in total. The van der Waals surface area contributed by atoms with Crippen LogP contribution in [0, 0.1) is 5.82 Å². The summed E-state index contributed by atoms with van der Waals surface area (Å²) in [4.78, 5) is 29.1. The molecule has 236 valence electrons. The van der Waals surface area contributed by atoms with E-state index < -0.39 is 40.2 Å². The maximum Gasteiger partial charge on any atom is 0.264 e. The van der Waals surface area contributed by atoms with E-state index in [1.54, 1.807) is 25.1 Å². The van der Waals surface area contributed by atoms with Gasteiger partial charge in [-0.1, -0.05) is 59.6 Å². The fraction of sp³-hybridized carbons (Fsp3) is 0.212. The SMILES string of the molecule is CCNC(=O)C(Cc1ccccc1)N(Cc1ccc(Cl)c(Cl)c1)C(=O)CN(c1ccc(F)cc1)S(=O)(=O)c1ccc(OC)cc1. The Morgan fingerprint density at radius 3 is 2.16 bits per heavy atom. The van der Waals surface area contributed by atoms with Crippen LogP contribution in [0.3, 0.4) is 0 Å². The number of nitrogens with one attached hydrogen (secondary N) is 1.